The van der Waals surface area contributed by atoms with Gasteiger partial charge >= 0.3 is 5.97 Å². The number of aliphatic hydroxyl groups is 1. The molecule has 2 bridgehead atoms. The number of ether oxygens (including phenoxy) is 2. The molecule has 9 heteroatoms. The molecule has 0 aromatic heterocycles. The number of hydrogen-bond acceptors (Lipinski definition) is 6. The molecule has 1 N–H and O–H groups in total. The van der Waals surface area contributed by atoms with Gasteiger partial charge in [-0.2, -0.15) is 0 Å². The largest absolute Gasteiger partial charge is 0.465 e. The van der Waals surface area contributed by atoms with E-state index in [2.05, 4.69) is 13.2 Å². The maximum absolute atomic E-state index is 14.8. The van der Waals surface area contributed by atoms with Crippen LogP contribution in [-0.2, 0) is 30.3 Å². The quantitative estimate of drug-likeness (QED) is 0.179. The summed E-state index contributed by atoms with van der Waals surface area (Å²) in [6.45, 7) is 9.41. The number of unbranched alkanes of at least 4 members (excludes halogenated alkanes) is 2. The van der Waals surface area contributed by atoms with Crippen LogP contribution in [0.3, 0.4) is 0 Å². The standard InChI is InChI=1S/C35H41ClN2O6/c1-4-6-7-13-21-43-33(42)29-28-31(40)38(25(23-39)22-24-14-9-8-10-15-24)30(35(28)19-18-34(29,3)44-35)32(41)37(20-5-2)27-17-12-11-16-26(27)36/h4-5,8-12,14-17,25,28-30,39H,1-2,6-7,13,18-23H2,3H3/t25-,28+,29+,30?,34-,35?/m1/s1. The first kappa shape index (κ1) is 31.9. The number of aliphatic hydroxyl groups excluding tert-OH is 1. The van der Waals surface area contributed by atoms with E-state index in [4.69, 9.17) is 21.1 Å². The monoisotopic (exact) mass is 620 g/mol. The van der Waals surface area contributed by atoms with E-state index in [0.29, 0.717) is 36.4 Å². The summed E-state index contributed by atoms with van der Waals surface area (Å²) < 4.78 is 12.5. The molecule has 2 aromatic rings. The normalized spacial score (nSPS) is 27.6. The second-order valence-corrected chi connectivity index (χ2v) is 12.5. The van der Waals surface area contributed by atoms with Crippen molar-refractivity contribution in [1.82, 2.24) is 4.90 Å². The third-order valence-electron chi connectivity index (χ3n) is 9.39. The first-order valence-electron chi connectivity index (χ1n) is 15.3. The van der Waals surface area contributed by atoms with Crippen LogP contribution in [0.15, 0.2) is 79.9 Å². The molecule has 6 atom stereocenters. The number of esters is 1. The van der Waals surface area contributed by atoms with Crippen LogP contribution in [0.1, 0.15) is 44.6 Å². The Morgan fingerprint density at radius 2 is 1.86 bits per heavy atom. The number of hydrogen-bond donors (Lipinski definition) is 1. The van der Waals surface area contributed by atoms with Gasteiger partial charge in [-0.3, -0.25) is 14.4 Å². The SMILES string of the molecule is C=CCCCCOC(=O)[C@@H]1[C@H]2C(=O)N([C@@H](CO)Cc3ccccc3)C(C(=O)N(CC=C)c3ccccc3Cl)C23CC[C@@]1(C)O3. The van der Waals surface area contributed by atoms with E-state index < -0.39 is 47.0 Å². The summed E-state index contributed by atoms with van der Waals surface area (Å²) in [5.74, 6) is -3.09. The molecular formula is C35H41ClN2O6. The van der Waals surface area contributed by atoms with Gasteiger partial charge in [-0.25, -0.2) is 0 Å². The lowest BCUT2D eigenvalue weighted by Crippen LogP contribution is -2.59. The fourth-order valence-electron chi connectivity index (χ4n) is 7.44. The van der Waals surface area contributed by atoms with Crippen molar-refractivity contribution < 1.29 is 29.0 Å². The number of carbonyl (C=O) groups is 3. The second kappa shape index (κ2) is 13.3. The predicted octanol–water partition coefficient (Wildman–Crippen LogP) is 5.13. The molecule has 3 heterocycles. The molecule has 3 saturated heterocycles. The third-order valence-corrected chi connectivity index (χ3v) is 9.71. The molecule has 0 aliphatic carbocycles. The molecular weight excluding hydrogens is 580 g/mol. The van der Waals surface area contributed by atoms with E-state index in [1.165, 1.54) is 9.80 Å². The van der Waals surface area contributed by atoms with Crippen LogP contribution in [0.5, 0.6) is 0 Å². The molecule has 5 rings (SSSR count). The molecule has 1 spiro atoms. The molecule has 44 heavy (non-hydrogen) atoms. The fourth-order valence-corrected chi connectivity index (χ4v) is 7.68. The van der Waals surface area contributed by atoms with Gasteiger partial charge in [-0.15, -0.1) is 13.2 Å². The van der Waals surface area contributed by atoms with E-state index in [1.807, 2.05) is 43.3 Å². The number of fused-ring (bicyclic) bond motifs is 1. The van der Waals surface area contributed by atoms with E-state index in [-0.39, 0.29) is 25.7 Å². The van der Waals surface area contributed by atoms with Gasteiger partial charge in [0, 0.05) is 6.54 Å². The van der Waals surface area contributed by atoms with E-state index in [9.17, 15) is 19.5 Å². The summed E-state index contributed by atoms with van der Waals surface area (Å²) in [6, 6.07) is 14.7. The molecule has 0 radical (unpaired) electrons. The molecule has 2 amide bonds. The Hall–Kier alpha value is -3.46. The highest BCUT2D eigenvalue weighted by Crippen LogP contribution is 2.64. The zero-order valence-electron chi connectivity index (χ0n) is 25.2. The van der Waals surface area contributed by atoms with Crippen molar-refractivity contribution in [3.05, 3.63) is 90.5 Å². The average Bonchev–Trinajstić information content (AvgIpc) is 3.59. The van der Waals surface area contributed by atoms with Gasteiger partial charge in [0.2, 0.25) is 5.91 Å². The van der Waals surface area contributed by atoms with Crippen molar-refractivity contribution in [3.8, 4) is 0 Å². The van der Waals surface area contributed by atoms with Crippen molar-refractivity contribution in [2.75, 3.05) is 24.7 Å². The van der Waals surface area contributed by atoms with Crippen LogP contribution in [0.4, 0.5) is 5.69 Å². The Kier molecular flexibility index (Phi) is 9.63. The van der Waals surface area contributed by atoms with E-state index in [0.717, 1.165) is 18.4 Å². The summed E-state index contributed by atoms with van der Waals surface area (Å²) in [7, 11) is 0. The van der Waals surface area contributed by atoms with Gasteiger partial charge in [0.1, 0.15) is 17.6 Å². The molecule has 2 unspecified atom stereocenters. The number of halogens is 1. The van der Waals surface area contributed by atoms with Crippen LogP contribution in [-0.4, -0.2) is 70.8 Å². The number of anilines is 1. The number of rotatable bonds is 14. The van der Waals surface area contributed by atoms with Gasteiger partial charge in [0.05, 0.1) is 41.5 Å². The van der Waals surface area contributed by atoms with Crippen molar-refractivity contribution in [1.29, 1.82) is 0 Å². The molecule has 234 valence electrons. The lowest BCUT2D eigenvalue weighted by molar-refractivity contribution is -0.160. The number of amides is 2. The highest BCUT2D eigenvalue weighted by molar-refractivity contribution is 6.34. The zero-order valence-corrected chi connectivity index (χ0v) is 26.0. The van der Waals surface area contributed by atoms with Crippen LogP contribution >= 0.6 is 11.6 Å². The summed E-state index contributed by atoms with van der Waals surface area (Å²) in [4.78, 5) is 46.2. The van der Waals surface area contributed by atoms with Crippen molar-refractivity contribution in [3.63, 3.8) is 0 Å². The minimum atomic E-state index is -1.28. The number of para-hydroxylation sites is 1. The van der Waals surface area contributed by atoms with Crippen molar-refractivity contribution in [2.45, 2.75) is 68.7 Å². The molecule has 2 aromatic carbocycles. The summed E-state index contributed by atoms with van der Waals surface area (Å²) >= 11 is 6.58. The van der Waals surface area contributed by atoms with Gasteiger partial charge in [-0.05, 0) is 63.1 Å². The van der Waals surface area contributed by atoms with Crippen LogP contribution in [0.2, 0.25) is 5.02 Å². The Bertz CT molecular complexity index is 1400. The lowest BCUT2D eigenvalue weighted by Gasteiger charge is -2.39. The average molecular weight is 621 g/mol. The minimum Gasteiger partial charge on any atom is -0.465 e. The summed E-state index contributed by atoms with van der Waals surface area (Å²) in [5, 5.41) is 11.1. The van der Waals surface area contributed by atoms with Crippen LogP contribution < -0.4 is 4.90 Å². The minimum absolute atomic E-state index is 0.137. The number of likely N-dealkylation sites (tertiary alicyclic amines) is 1. The van der Waals surface area contributed by atoms with Gasteiger partial charge in [-0.1, -0.05) is 66.2 Å². The number of nitrogens with zero attached hydrogens (tertiary/aromatic N) is 2. The van der Waals surface area contributed by atoms with Gasteiger partial charge < -0.3 is 24.4 Å². The topological polar surface area (TPSA) is 96.4 Å². The van der Waals surface area contributed by atoms with Crippen molar-refractivity contribution >= 4 is 35.1 Å². The van der Waals surface area contributed by atoms with Crippen LogP contribution in [0, 0.1) is 11.8 Å². The lowest BCUT2D eigenvalue weighted by atomic mass is 9.66. The maximum Gasteiger partial charge on any atom is 0.312 e. The molecule has 3 fully saturated rings. The van der Waals surface area contributed by atoms with E-state index >= 15 is 0 Å². The Morgan fingerprint density at radius 1 is 1.14 bits per heavy atom. The van der Waals surface area contributed by atoms with Crippen molar-refractivity contribution in [2.24, 2.45) is 11.8 Å². The Morgan fingerprint density at radius 3 is 2.55 bits per heavy atom. The summed E-state index contributed by atoms with van der Waals surface area (Å²) in [6.07, 6.45) is 6.98. The maximum atomic E-state index is 14.8. The molecule has 0 saturated carbocycles. The van der Waals surface area contributed by atoms with Gasteiger partial charge in [0.15, 0.2) is 0 Å². The third kappa shape index (κ3) is 5.59. The molecule has 8 nitrogen and oxygen atoms in total. The smallest absolute Gasteiger partial charge is 0.312 e. The Balaban J connectivity index is 1.56. The molecule has 3 aliphatic rings. The number of allylic oxidation sites excluding steroid dienone is 1. The fraction of sp³-hybridized carbons (Fsp3) is 0.457. The first-order chi connectivity index (χ1) is 21.2. The summed E-state index contributed by atoms with van der Waals surface area (Å²) in [5.41, 5.74) is -0.864. The predicted molar refractivity (Wildman–Crippen MR) is 169 cm³/mol. The Labute approximate surface area is 264 Å². The van der Waals surface area contributed by atoms with Crippen LogP contribution in [0.25, 0.3) is 0 Å². The second-order valence-electron chi connectivity index (χ2n) is 12.1. The van der Waals surface area contributed by atoms with E-state index in [1.54, 1.807) is 30.3 Å². The highest BCUT2D eigenvalue weighted by Gasteiger charge is 2.79. The zero-order chi connectivity index (χ0) is 31.5. The first-order valence-corrected chi connectivity index (χ1v) is 15.7. The molecule has 3 aliphatic heterocycles. The van der Waals surface area contributed by atoms with Gasteiger partial charge in [0.25, 0.3) is 5.91 Å². The number of benzene rings is 2. The number of carbonyl (C=O) groups excluding carboxylic acids is 3. The highest BCUT2D eigenvalue weighted by atomic mass is 35.5.